The van der Waals surface area contributed by atoms with E-state index in [1.165, 1.54) is 0 Å². The minimum atomic E-state index is -4.50. The highest BCUT2D eigenvalue weighted by Gasteiger charge is 2.36. The van der Waals surface area contributed by atoms with Crippen LogP contribution in [0.25, 0.3) is 0 Å². The highest BCUT2D eigenvalue weighted by atomic mass is 32.1. The molecular weight excluding hydrogens is 273 g/mol. The first-order valence-electron chi connectivity index (χ1n) is 4.78. The standard InChI is InChI=1S/C8H11F3N4S2/c1-2-15(4-3-5(12)16)7-13-6(14-17-7)8(9,10)11/h2-4H2,1H3,(H2,12,16). The number of anilines is 1. The van der Waals surface area contributed by atoms with Gasteiger partial charge in [0.15, 0.2) is 0 Å². The number of rotatable bonds is 5. The lowest BCUT2D eigenvalue weighted by molar-refractivity contribution is -0.144. The number of thiocarbonyl (C=S) groups is 1. The molecular formula is C8H11F3N4S2. The first-order chi connectivity index (χ1) is 7.84. The molecule has 0 aliphatic heterocycles. The van der Waals surface area contributed by atoms with E-state index in [4.69, 9.17) is 18.0 Å². The molecule has 1 rings (SSSR count). The average Bonchev–Trinajstić information content (AvgIpc) is 2.67. The topological polar surface area (TPSA) is 55.0 Å². The fraction of sp³-hybridized carbons (Fsp3) is 0.625. The van der Waals surface area contributed by atoms with Crippen LogP contribution in [0.1, 0.15) is 19.2 Å². The van der Waals surface area contributed by atoms with Crippen LogP contribution in [0, 0.1) is 0 Å². The van der Waals surface area contributed by atoms with Crippen molar-refractivity contribution in [2.24, 2.45) is 5.73 Å². The van der Waals surface area contributed by atoms with Gasteiger partial charge in [0.05, 0.1) is 4.99 Å². The van der Waals surface area contributed by atoms with Gasteiger partial charge in [-0.05, 0) is 6.92 Å². The summed E-state index contributed by atoms with van der Waals surface area (Å²) in [5.74, 6) is -1.11. The van der Waals surface area contributed by atoms with Gasteiger partial charge in [0, 0.05) is 31.0 Å². The van der Waals surface area contributed by atoms with E-state index in [0.29, 0.717) is 24.5 Å². The highest BCUT2D eigenvalue weighted by molar-refractivity contribution is 7.80. The third kappa shape index (κ3) is 4.08. The Morgan fingerprint density at radius 3 is 2.59 bits per heavy atom. The van der Waals surface area contributed by atoms with E-state index in [1.54, 1.807) is 4.90 Å². The third-order valence-electron chi connectivity index (χ3n) is 1.95. The van der Waals surface area contributed by atoms with E-state index in [0.717, 1.165) is 11.5 Å². The summed E-state index contributed by atoms with van der Waals surface area (Å²) < 4.78 is 40.2. The molecule has 0 unspecified atom stereocenters. The Balaban J connectivity index is 2.76. The van der Waals surface area contributed by atoms with Crippen LogP contribution in [0.2, 0.25) is 0 Å². The molecule has 0 saturated heterocycles. The maximum atomic E-state index is 12.3. The second-order valence-electron chi connectivity index (χ2n) is 3.19. The molecule has 0 aromatic carbocycles. The number of alkyl halides is 3. The third-order valence-corrected chi connectivity index (χ3v) is 2.93. The molecule has 0 aliphatic carbocycles. The van der Waals surface area contributed by atoms with Gasteiger partial charge in [-0.25, -0.2) is 0 Å². The maximum Gasteiger partial charge on any atom is 0.452 e. The molecule has 0 radical (unpaired) electrons. The number of aromatic nitrogens is 2. The molecule has 0 bridgehead atoms. The van der Waals surface area contributed by atoms with Gasteiger partial charge in [0.25, 0.3) is 0 Å². The fourth-order valence-corrected chi connectivity index (χ4v) is 1.96. The summed E-state index contributed by atoms with van der Waals surface area (Å²) in [5.41, 5.74) is 5.34. The van der Waals surface area contributed by atoms with E-state index < -0.39 is 12.0 Å². The highest BCUT2D eigenvalue weighted by Crippen LogP contribution is 2.30. The van der Waals surface area contributed by atoms with Crippen LogP contribution in [0.5, 0.6) is 0 Å². The van der Waals surface area contributed by atoms with Crippen molar-refractivity contribution in [3.63, 3.8) is 0 Å². The summed E-state index contributed by atoms with van der Waals surface area (Å²) in [6.45, 7) is 2.78. The molecule has 0 saturated carbocycles. The van der Waals surface area contributed by atoms with E-state index in [2.05, 4.69) is 9.36 Å². The minimum absolute atomic E-state index is 0.232. The molecule has 1 heterocycles. The molecule has 4 nitrogen and oxygen atoms in total. The normalized spacial score (nSPS) is 11.5. The molecule has 9 heteroatoms. The minimum Gasteiger partial charge on any atom is -0.393 e. The molecule has 0 atom stereocenters. The summed E-state index contributed by atoms with van der Waals surface area (Å²) >= 11 is 5.44. The van der Waals surface area contributed by atoms with E-state index in [1.807, 2.05) is 6.92 Å². The molecule has 0 aliphatic rings. The van der Waals surface area contributed by atoms with Crippen LogP contribution in [-0.2, 0) is 6.18 Å². The monoisotopic (exact) mass is 284 g/mol. The second kappa shape index (κ2) is 5.58. The fourth-order valence-electron chi connectivity index (χ4n) is 1.09. The van der Waals surface area contributed by atoms with Crippen molar-refractivity contribution in [2.75, 3.05) is 18.0 Å². The van der Waals surface area contributed by atoms with Crippen LogP contribution in [0.3, 0.4) is 0 Å². The van der Waals surface area contributed by atoms with Gasteiger partial charge in [0.2, 0.25) is 11.0 Å². The number of hydrogen-bond acceptors (Lipinski definition) is 5. The largest absolute Gasteiger partial charge is 0.452 e. The Bertz CT molecular complexity index is 390. The Hall–Kier alpha value is -0.960. The Morgan fingerprint density at radius 2 is 2.18 bits per heavy atom. The smallest absolute Gasteiger partial charge is 0.393 e. The van der Waals surface area contributed by atoms with Crippen LogP contribution in [0.4, 0.5) is 18.3 Å². The van der Waals surface area contributed by atoms with Crippen LogP contribution in [-0.4, -0.2) is 27.4 Å². The Morgan fingerprint density at radius 1 is 1.53 bits per heavy atom. The zero-order valence-corrected chi connectivity index (χ0v) is 10.6. The van der Waals surface area contributed by atoms with Crippen LogP contribution < -0.4 is 10.6 Å². The number of nitrogens with two attached hydrogens (primary N) is 1. The summed E-state index contributed by atoms with van der Waals surface area (Å²) in [6, 6.07) is 0. The van der Waals surface area contributed by atoms with Crippen molar-refractivity contribution in [3.05, 3.63) is 5.82 Å². The summed E-state index contributed by atoms with van der Waals surface area (Å²) in [6.07, 6.45) is -4.07. The predicted molar refractivity (Wildman–Crippen MR) is 64.2 cm³/mol. The maximum absolute atomic E-state index is 12.3. The predicted octanol–water partition coefficient (Wildman–Crippen LogP) is 2.06. The lowest BCUT2D eigenvalue weighted by Gasteiger charge is -2.18. The molecule has 1 aromatic rings. The molecule has 96 valence electrons. The van der Waals surface area contributed by atoms with Crippen LogP contribution >= 0.6 is 23.8 Å². The zero-order chi connectivity index (χ0) is 13.1. The van der Waals surface area contributed by atoms with Crippen molar-refractivity contribution in [3.8, 4) is 0 Å². The van der Waals surface area contributed by atoms with E-state index >= 15 is 0 Å². The Kier molecular flexibility index (Phi) is 4.63. The van der Waals surface area contributed by atoms with Gasteiger partial charge in [-0.2, -0.15) is 22.5 Å². The van der Waals surface area contributed by atoms with Gasteiger partial charge in [-0.1, -0.05) is 12.2 Å². The lowest BCUT2D eigenvalue weighted by Crippen LogP contribution is -2.27. The first kappa shape index (κ1) is 14.1. The van der Waals surface area contributed by atoms with Gasteiger partial charge in [-0.3, -0.25) is 0 Å². The second-order valence-corrected chi connectivity index (χ2v) is 4.45. The molecule has 0 spiro atoms. The summed E-state index contributed by atoms with van der Waals surface area (Å²) in [5, 5.41) is 0.232. The van der Waals surface area contributed by atoms with Crippen LogP contribution in [0.15, 0.2) is 0 Å². The average molecular weight is 284 g/mol. The number of halogens is 3. The summed E-state index contributed by atoms with van der Waals surface area (Å²) in [7, 11) is 0. The molecule has 0 amide bonds. The van der Waals surface area contributed by atoms with E-state index in [9.17, 15) is 13.2 Å². The molecule has 0 fully saturated rings. The van der Waals surface area contributed by atoms with Crippen molar-refractivity contribution in [1.29, 1.82) is 0 Å². The van der Waals surface area contributed by atoms with Gasteiger partial charge >= 0.3 is 6.18 Å². The molecule has 17 heavy (non-hydrogen) atoms. The summed E-state index contributed by atoms with van der Waals surface area (Å²) in [4.78, 5) is 5.44. The van der Waals surface area contributed by atoms with Crippen molar-refractivity contribution < 1.29 is 13.2 Å². The lowest BCUT2D eigenvalue weighted by atomic mass is 10.4. The van der Waals surface area contributed by atoms with Gasteiger partial charge < -0.3 is 10.6 Å². The molecule has 1 aromatic heterocycles. The number of nitrogens with zero attached hydrogens (tertiary/aromatic N) is 3. The molecule has 2 N–H and O–H groups in total. The Labute approximate surface area is 106 Å². The quantitative estimate of drug-likeness (QED) is 0.839. The van der Waals surface area contributed by atoms with Crippen molar-refractivity contribution in [1.82, 2.24) is 9.36 Å². The first-order valence-corrected chi connectivity index (χ1v) is 5.97. The SMILES string of the molecule is CCN(CCC(N)=S)c1nc(C(F)(F)F)ns1. The van der Waals surface area contributed by atoms with Gasteiger partial charge in [-0.15, -0.1) is 0 Å². The number of hydrogen-bond donors (Lipinski definition) is 1. The zero-order valence-electron chi connectivity index (χ0n) is 8.99. The van der Waals surface area contributed by atoms with Gasteiger partial charge in [0.1, 0.15) is 0 Å². The van der Waals surface area contributed by atoms with E-state index in [-0.39, 0.29) is 5.13 Å². The van der Waals surface area contributed by atoms with Crippen molar-refractivity contribution in [2.45, 2.75) is 19.5 Å². The van der Waals surface area contributed by atoms with Crippen molar-refractivity contribution >= 4 is 33.9 Å².